The number of ether oxygens (including phenoxy) is 2. The van der Waals surface area contributed by atoms with E-state index in [1.807, 2.05) is 0 Å². The fourth-order valence-corrected chi connectivity index (χ4v) is 6.32. The molecule has 2 fully saturated rings. The minimum atomic E-state index is -0.908. The zero-order chi connectivity index (χ0) is 28.0. The van der Waals surface area contributed by atoms with Crippen LogP contribution >= 0.6 is 0 Å². The predicted octanol–water partition coefficient (Wildman–Crippen LogP) is 5.18. The van der Waals surface area contributed by atoms with Gasteiger partial charge in [0.15, 0.2) is 6.35 Å². The fourth-order valence-electron chi connectivity index (χ4n) is 6.32. The van der Waals surface area contributed by atoms with Crippen LogP contribution in [0.1, 0.15) is 74.9 Å². The van der Waals surface area contributed by atoms with Gasteiger partial charge in [0.1, 0.15) is 5.75 Å². The number of methoxy groups -OCH3 is 1. The molecular formula is C32H47N3O4. The Kier molecular flexibility index (Phi) is 9.91. The normalized spacial score (nSPS) is 24.3. The number of piperidine rings is 1. The monoisotopic (exact) mass is 537 g/mol. The molecular weight excluding hydrogens is 490 g/mol. The SMILES string of the molecule is CCOC(=O)c1ccc(NC(O)NCC[C@]2(c3cc(OC)ccc3CC)CCN(CC3CC3)C(C)[C@@H]2C)cc1. The van der Waals surface area contributed by atoms with Crippen LogP contribution in [0.4, 0.5) is 5.69 Å². The Balaban J connectivity index is 1.47. The van der Waals surface area contributed by atoms with Crippen molar-refractivity contribution in [1.82, 2.24) is 10.2 Å². The smallest absolute Gasteiger partial charge is 0.338 e. The second-order valence-corrected chi connectivity index (χ2v) is 11.3. The van der Waals surface area contributed by atoms with E-state index in [1.165, 1.54) is 30.5 Å². The van der Waals surface area contributed by atoms with E-state index in [0.717, 1.165) is 43.2 Å². The molecule has 1 aliphatic carbocycles. The lowest BCUT2D eigenvalue weighted by molar-refractivity contribution is 0.0340. The number of rotatable bonds is 13. The standard InChI is InChI=1S/C32H47N3O4/c1-6-25-12-15-28(38-5)20-29(25)32(17-19-35(21-24-8-9-24)23(4)22(32)3)16-18-33-31(37)34-27-13-10-26(11-14-27)30(36)39-7-2/h10-15,20,22-24,31,33-34,37H,6-9,16-19,21H2,1-5H3/t22-,23?,31?,32-/m0/s1. The average molecular weight is 538 g/mol. The highest BCUT2D eigenvalue weighted by Gasteiger charge is 2.47. The first kappa shape index (κ1) is 29.4. The Morgan fingerprint density at radius 3 is 2.54 bits per heavy atom. The molecule has 0 radical (unpaired) electrons. The number of nitrogens with zero attached hydrogens (tertiary/aromatic N) is 1. The molecule has 1 aliphatic heterocycles. The molecule has 1 saturated carbocycles. The molecule has 1 heterocycles. The molecule has 2 aromatic carbocycles. The minimum Gasteiger partial charge on any atom is -0.497 e. The van der Waals surface area contributed by atoms with Crippen LogP contribution in [0.15, 0.2) is 42.5 Å². The summed E-state index contributed by atoms with van der Waals surface area (Å²) in [7, 11) is 1.74. The first-order valence-electron chi connectivity index (χ1n) is 14.7. The van der Waals surface area contributed by atoms with Crippen molar-refractivity contribution in [3.63, 3.8) is 0 Å². The summed E-state index contributed by atoms with van der Waals surface area (Å²) in [5, 5.41) is 17.1. The predicted molar refractivity (Wildman–Crippen MR) is 156 cm³/mol. The maximum absolute atomic E-state index is 11.9. The Morgan fingerprint density at radius 1 is 1.15 bits per heavy atom. The zero-order valence-corrected chi connectivity index (χ0v) is 24.3. The second-order valence-electron chi connectivity index (χ2n) is 11.3. The van der Waals surface area contributed by atoms with Crippen LogP contribution in [0.2, 0.25) is 0 Å². The van der Waals surface area contributed by atoms with E-state index >= 15 is 0 Å². The molecule has 0 amide bonds. The van der Waals surface area contributed by atoms with Gasteiger partial charge < -0.3 is 24.8 Å². The van der Waals surface area contributed by atoms with Crippen molar-refractivity contribution < 1.29 is 19.4 Å². The van der Waals surface area contributed by atoms with Crippen molar-refractivity contribution in [2.75, 3.05) is 38.7 Å². The number of aliphatic hydroxyl groups is 1. The molecule has 1 saturated heterocycles. The maximum atomic E-state index is 11.9. The van der Waals surface area contributed by atoms with Crippen LogP contribution in [0.3, 0.4) is 0 Å². The molecule has 0 aromatic heterocycles. The van der Waals surface area contributed by atoms with Gasteiger partial charge in [-0.1, -0.05) is 19.9 Å². The number of hydrogen-bond acceptors (Lipinski definition) is 7. The van der Waals surface area contributed by atoms with E-state index in [2.05, 4.69) is 54.5 Å². The summed E-state index contributed by atoms with van der Waals surface area (Å²) >= 11 is 0. The number of esters is 1. The highest BCUT2D eigenvalue weighted by atomic mass is 16.5. The molecule has 2 aromatic rings. The van der Waals surface area contributed by atoms with Crippen molar-refractivity contribution in [2.24, 2.45) is 11.8 Å². The Bertz CT molecular complexity index is 1090. The number of nitrogens with one attached hydrogen (secondary N) is 2. The molecule has 7 heteroatoms. The van der Waals surface area contributed by atoms with Crippen molar-refractivity contribution >= 4 is 11.7 Å². The van der Waals surface area contributed by atoms with Crippen molar-refractivity contribution in [2.45, 2.75) is 77.6 Å². The molecule has 2 aliphatic rings. The topological polar surface area (TPSA) is 83.1 Å². The van der Waals surface area contributed by atoms with E-state index in [9.17, 15) is 9.90 Å². The van der Waals surface area contributed by atoms with Crippen LogP contribution in [-0.4, -0.2) is 61.7 Å². The lowest BCUT2D eigenvalue weighted by Gasteiger charge is -2.52. The molecule has 2 unspecified atom stereocenters. The number of anilines is 1. The minimum absolute atomic E-state index is 0.0205. The van der Waals surface area contributed by atoms with Crippen molar-refractivity contribution in [3.8, 4) is 5.75 Å². The first-order valence-corrected chi connectivity index (χ1v) is 14.7. The number of benzene rings is 2. The van der Waals surface area contributed by atoms with Crippen LogP contribution in [0.25, 0.3) is 0 Å². The van der Waals surface area contributed by atoms with Crippen molar-refractivity contribution in [1.29, 1.82) is 0 Å². The van der Waals surface area contributed by atoms with Crippen LogP contribution in [-0.2, 0) is 16.6 Å². The first-order chi connectivity index (χ1) is 18.8. The number of aliphatic hydroxyl groups excluding tert-OH is 1. The summed E-state index contributed by atoms with van der Waals surface area (Å²) in [5.74, 6) is 1.89. The van der Waals surface area contributed by atoms with Gasteiger partial charge in [-0.2, -0.15) is 0 Å². The number of likely N-dealkylation sites (tertiary alicyclic amines) is 1. The molecule has 39 heavy (non-hydrogen) atoms. The van der Waals surface area contributed by atoms with Crippen molar-refractivity contribution in [3.05, 3.63) is 59.2 Å². The van der Waals surface area contributed by atoms with Gasteiger partial charge in [0, 0.05) is 30.2 Å². The van der Waals surface area contributed by atoms with E-state index < -0.39 is 6.35 Å². The third kappa shape index (κ3) is 6.94. The lowest BCUT2D eigenvalue weighted by atomic mass is 9.61. The van der Waals surface area contributed by atoms with Crippen LogP contribution in [0.5, 0.6) is 5.75 Å². The number of carbonyl (C=O) groups is 1. The molecule has 4 atom stereocenters. The lowest BCUT2D eigenvalue weighted by Crippen LogP contribution is -2.55. The summed E-state index contributed by atoms with van der Waals surface area (Å²) in [4.78, 5) is 14.6. The molecule has 0 spiro atoms. The van der Waals surface area contributed by atoms with Gasteiger partial charge in [0.05, 0.1) is 19.3 Å². The third-order valence-electron chi connectivity index (χ3n) is 9.05. The summed E-state index contributed by atoms with van der Waals surface area (Å²) < 4.78 is 10.7. The van der Waals surface area contributed by atoms with Gasteiger partial charge in [0.25, 0.3) is 0 Å². The van der Waals surface area contributed by atoms with E-state index in [4.69, 9.17) is 9.47 Å². The van der Waals surface area contributed by atoms with Gasteiger partial charge in [-0.3, -0.25) is 5.32 Å². The quantitative estimate of drug-likeness (QED) is 0.240. The van der Waals surface area contributed by atoms with E-state index in [0.29, 0.717) is 30.7 Å². The summed E-state index contributed by atoms with van der Waals surface area (Å²) in [5.41, 5.74) is 3.98. The van der Waals surface area contributed by atoms with E-state index in [-0.39, 0.29) is 11.4 Å². The molecule has 214 valence electrons. The number of hydrogen-bond donors (Lipinski definition) is 3. The van der Waals surface area contributed by atoms with Gasteiger partial charge in [-0.05, 0) is 112 Å². The van der Waals surface area contributed by atoms with Gasteiger partial charge in [-0.25, -0.2) is 4.79 Å². The summed E-state index contributed by atoms with van der Waals surface area (Å²) in [6.45, 7) is 12.2. The Hall–Kier alpha value is -2.61. The molecule has 4 rings (SSSR count). The third-order valence-corrected chi connectivity index (χ3v) is 9.05. The molecule has 7 nitrogen and oxygen atoms in total. The average Bonchev–Trinajstić information content (AvgIpc) is 3.77. The molecule has 0 bridgehead atoms. The highest BCUT2D eigenvalue weighted by Crippen LogP contribution is 2.48. The maximum Gasteiger partial charge on any atom is 0.338 e. The Labute approximate surface area is 234 Å². The van der Waals surface area contributed by atoms with Gasteiger partial charge >= 0.3 is 5.97 Å². The second kappa shape index (κ2) is 13.2. The van der Waals surface area contributed by atoms with Crippen LogP contribution in [0, 0.1) is 11.8 Å². The highest BCUT2D eigenvalue weighted by molar-refractivity contribution is 5.89. The van der Waals surface area contributed by atoms with Crippen LogP contribution < -0.4 is 15.4 Å². The Morgan fingerprint density at radius 2 is 1.90 bits per heavy atom. The van der Waals surface area contributed by atoms with E-state index in [1.54, 1.807) is 38.3 Å². The van der Waals surface area contributed by atoms with Gasteiger partial charge in [-0.15, -0.1) is 0 Å². The number of carbonyl (C=O) groups excluding carboxylic acids is 1. The summed E-state index contributed by atoms with van der Waals surface area (Å²) in [6.07, 6.45) is 4.82. The molecule has 3 N–H and O–H groups in total. The van der Waals surface area contributed by atoms with Gasteiger partial charge in [0.2, 0.25) is 0 Å². The summed E-state index contributed by atoms with van der Waals surface area (Å²) in [6, 6.07) is 14.0. The zero-order valence-electron chi connectivity index (χ0n) is 24.3. The largest absolute Gasteiger partial charge is 0.497 e. The number of aryl methyl sites for hydroxylation is 1. The fraction of sp³-hybridized carbons (Fsp3) is 0.594.